The zero-order chi connectivity index (χ0) is 16.7. The summed E-state index contributed by atoms with van der Waals surface area (Å²) in [5.41, 5.74) is 0.880. The van der Waals surface area contributed by atoms with Crippen LogP contribution in [0, 0.1) is 0 Å². The van der Waals surface area contributed by atoms with Gasteiger partial charge in [-0.3, -0.25) is 9.59 Å². The number of rotatable bonds is 6. The van der Waals surface area contributed by atoms with Crippen molar-refractivity contribution in [1.29, 1.82) is 0 Å². The third kappa shape index (κ3) is 5.82. The number of carbonyl (C=O) groups excluding carboxylic acids is 2. The first-order chi connectivity index (χ1) is 10.3. The molecule has 1 aromatic rings. The third-order valence-corrected chi connectivity index (χ3v) is 2.79. The van der Waals surface area contributed by atoms with E-state index in [-0.39, 0.29) is 30.9 Å². The standard InChI is InChI=1S/C15H21N3O4/c1-10(2)16-15(22)17-12-6-4-5-11(9-12)14(21)18(3)8-7-13(19)20/h4-6,9-10H,7-8H2,1-3H3,(H,19,20)(H2,16,17,22). The van der Waals surface area contributed by atoms with E-state index in [0.29, 0.717) is 11.3 Å². The molecular weight excluding hydrogens is 286 g/mol. The maximum Gasteiger partial charge on any atom is 0.319 e. The average molecular weight is 307 g/mol. The molecule has 0 radical (unpaired) electrons. The van der Waals surface area contributed by atoms with Gasteiger partial charge in [0.1, 0.15) is 0 Å². The van der Waals surface area contributed by atoms with Crippen LogP contribution in [0.5, 0.6) is 0 Å². The molecule has 0 bridgehead atoms. The third-order valence-electron chi connectivity index (χ3n) is 2.79. The van der Waals surface area contributed by atoms with Crippen LogP contribution < -0.4 is 10.6 Å². The van der Waals surface area contributed by atoms with E-state index in [9.17, 15) is 14.4 Å². The lowest BCUT2D eigenvalue weighted by molar-refractivity contribution is -0.137. The number of benzene rings is 1. The molecule has 0 aliphatic heterocycles. The van der Waals surface area contributed by atoms with E-state index in [4.69, 9.17) is 5.11 Å². The summed E-state index contributed by atoms with van der Waals surface area (Å²) >= 11 is 0. The average Bonchev–Trinajstić information content (AvgIpc) is 2.43. The van der Waals surface area contributed by atoms with E-state index in [0.717, 1.165) is 0 Å². The van der Waals surface area contributed by atoms with Crippen LogP contribution in [0.3, 0.4) is 0 Å². The molecule has 0 aromatic heterocycles. The zero-order valence-corrected chi connectivity index (χ0v) is 12.9. The van der Waals surface area contributed by atoms with Gasteiger partial charge in [-0.15, -0.1) is 0 Å². The van der Waals surface area contributed by atoms with Crippen molar-refractivity contribution in [2.45, 2.75) is 26.3 Å². The minimum atomic E-state index is -0.958. The largest absolute Gasteiger partial charge is 0.481 e. The maximum absolute atomic E-state index is 12.2. The second-order valence-electron chi connectivity index (χ2n) is 5.20. The highest BCUT2D eigenvalue weighted by Crippen LogP contribution is 2.12. The van der Waals surface area contributed by atoms with Crippen molar-refractivity contribution in [3.05, 3.63) is 29.8 Å². The quantitative estimate of drug-likeness (QED) is 0.745. The molecule has 0 unspecified atom stereocenters. The molecule has 0 heterocycles. The van der Waals surface area contributed by atoms with Gasteiger partial charge in [-0.2, -0.15) is 0 Å². The number of hydrogen-bond acceptors (Lipinski definition) is 3. The van der Waals surface area contributed by atoms with Gasteiger partial charge in [-0.05, 0) is 32.0 Å². The summed E-state index contributed by atoms with van der Waals surface area (Å²) < 4.78 is 0. The molecule has 0 aliphatic rings. The summed E-state index contributed by atoms with van der Waals surface area (Å²) in [6.45, 7) is 3.81. The first-order valence-corrected chi connectivity index (χ1v) is 6.94. The first-order valence-electron chi connectivity index (χ1n) is 6.94. The Bertz CT molecular complexity index is 557. The highest BCUT2D eigenvalue weighted by molar-refractivity contribution is 5.96. The van der Waals surface area contributed by atoms with Crippen LogP contribution in [0.1, 0.15) is 30.6 Å². The molecule has 0 atom stereocenters. The summed E-state index contributed by atoms with van der Waals surface area (Å²) in [6.07, 6.45) is -0.114. The Labute approximate surface area is 129 Å². The van der Waals surface area contributed by atoms with Crippen LogP contribution in [0.4, 0.5) is 10.5 Å². The zero-order valence-electron chi connectivity index (χ0n) is 12.9. The molecule has 0 fully saturated rings. The topological polar surface area (TPSA) is 98.7 Å². The van der Waals surface area contributed by atoms with Crippen LogP contribution in [-0.2, 0) is 4.79 Å². The molecule has 3 N–H and O–H groups in total. The molecule has 120 valence electrons. The Morgan fingerprint density at radius 1 is 1.27 bits per heavy atom. The normalized spacial score (nSPS) is 10.2. The number of urea groups is 1. The lowest BCUT2D eigenvalue weighted by atomic mass is 10.1. The van der Waals surface area contributed by atoms with E-state index in [1.165, 1.54) is 11.9 Å². The van der Waals surface area contributed by atoms with E-state index in [1.807, 2.05) is 13.8 Å². The summed E-state index contributed by atoms with van der Waals surface area (Å²) in [6, 6.07) is 6.16. The van der Waals surface area contributed by atoms with Crippen LogP contribution in [0.15, 0.2) is 24.3 Å². The Morgan fingerprint density at radius 3 is 2.55 bits per heavy atom. The van der Waals surface area contributed by atoms with Gasteiger partial charge in [0.15, 0.2) is 0 Å². The van der Waals surface area contributed by atoms with E-state index < -0.39 is 5.97 Å². The van der Waals surface area contributed by atoms with Gasteiger partial charge in [0.25, 0.3) is 5.91 Å². The smallest absolute Gasteiger partial charge is 0.319 e. The molecule has 0 saturated carbocycles. The van der Waals surface area contributed by atoms with Gasteiger partial charge >= 0.3 is 12.0 Å². The van der Waals surface area contributed by atoms with Crippen molar-refractivity contribution in [3.8, 4) is 0 Å². The van der Waals surface area contributed by atoms with Gasteiger partial charge in [-0.1, -0.05) is 6.07 Å². The SMILES string of the molecule is CC(C)NC(=O)Nc1cccc(C(=O)N(C)CCC(=O)O)c1. The fourth-order valence-electron chi connectivity index (χ4n) is 1.74. The maximum atomic E-state index is 12.2. The Balaban J connectivity index is 2.72. The summed E-state index contributed by atoms with van der Waals surface area (Å²) in [5.74, 6) is -1.26. The van der Waals surface area contributed by atoms with Gasteiger partial charge in [0, 0.05) is 30.9 Å². The number of amides is 3. The number of hydrogen-bond donors (Lipinski definition) is 3. The predicted octanol–water partition coefficient (Wildman–Crippen LogP) is 1.76. The second kappa shape index (κ2) is 8.02. The van der Waals surface area contributed by atoms with Crippen molar-refractivity contribution >= 4 is 23.6 Å². The molecule has 1 aromatic carbocycles. The van der Waals surface area contributed by atoms with Crippen molar-refractivity contribution in [1.82, 2.24) is 10.2 Å². The molecule has 0 spiro atoms. The van der Waals surface area contributed by atoms with Crippen molar-refractivity contribution in [3.63, 3.8) is 0 Å². The fourth-order valence-corrected chi connectivity index (χ4v) is 1.74. The molecule has 0 saturated heterocycles. The predicted molar refractivity (Wildman–Crippen MR) is 82.9 cm³/mol. The van der Waals surface area contributed by atoms with Crippen molar-refractivity contribution in [2.75, 3.05) is 18.9 Å². The van der Waals surface area contributed by atoms with Crippen molar-refractivity contribution < 1.29 is 19.5 Å². The molecule has 0 aliphatic carbocycles. The second-order valence-corrected chi connectivity index (χ2v) is 5.20. The van der Waals surface area contributed by atoms with Crippen LogP contribution in [0.25, 0.3) is 0 Å². The molecule has 22 heavy (non-hydrogen) atoms. The van der Waals surface area contributed by atoms with Gasteiger partial charge in [0.2, 0.25) is 0 Å². The number of aliphatic carboxylic acids is 1. The Kier molecular flexibility index (Phi) is 6.37. The van der Waals surface area contributed by atoms with E-state index in [1.54, 1.807) is 24.3 Å². The molecule has 1 rings (SSSR count). The Morgan fingerprint density at radius 2 is 1.95 bits per heavy atom. The van der Waals surface area contributed by atoms with E-state index in [2.05, 4.69) is 10.6 Å². The number of carboxylic acids is 1. The highest BCUT2D eigenvalue weighted by atomic mass is 16.4. The number of anilines is 1. The van der Waals surface area contributed by atoms with E-state index >= 15 is 0 Å². The lowest BCUT2D eigenvalue weighted by Crippen LogP contribution is -2.34. The van der Waals surface area contributed by atoms with Gasteiger partial charge < -0.3 is 20.6 Å². The van der Waals surface area contributed by atoms with Crippen LogP contribution in [-0.4, -0.2) is 47.5 Å². The number of nitrogens with zero attached hydrogens (tertiary/aromatic N) is 1. The minimum absolute atomic E-state index is 0.00645. The molecular formula is C15H21N3O4. The summed E-state index contributed by atoms with van der Waals surface area (Å²) in [5, 5.41) is 14.0. The number of carboxylic acid groups (broad SMARTS) is 1. The van der Waals surface area contributed by atoms with Gasteiger partial charge in [0.05, 0.1) is 6.42 Å². The monoisotopic (exact) mass is 307 g/mol. The fraction of sp³-hybridized carbons (Fsp3) is 0.400. The van der Waals surface area contributed by atoms with Crippen molar-refractivity contribution in [2.24, 2.45) is 0 Å². The number of nitrogens with one attached hydrogen (secondary N) is 2. The Hall–Kier alpha value is -2.57. The van der Waals surface area contributed by atoms with Crippen LogP contribution in [0.2, 0.25) is 0 Å². The number of carbonyl (C=O) groups is 3. The molecule has 7 nitrogen and oxygen atoms in total. The van der Waals surface area contributed by atoms with Gasteiger partial charge in [-0.25, -0.2) is 4.79 Å². The highest BCUT2D eigenvalue weighted by Gasteiger charge is 2.13. The van der Waals surface area contributed by atoms with Crippen LogP contribution >= 0.6 is 0 Å². The molecule has 3 amide bonds. The first kappa shape index (κ1) is 17.5. The summed E-state index contributed by atoms with van der Waals surface area (Å²) in [7, 11) is 1.54. The molecule has 7 heteroatoms. The minimum Gasteiger partial charge on any atom is -0.481 e. The summed E-state index contributed by atoms with van der Waals surface area (Å²) in [4.78, 5) is 35.7. The lowest BCUT2D eigenvalue weighted by Gasteiger charge is -2.17.